The zero-order valence-electron chi connectivity index (χ0n) is 8.68. The highest BCUT2D eigenvalue weighted by Crippen LogP contribution is 2.30. The number of amides is 1. The predicted molar refractivity (Wildman–Crippen MR) is 54.4 cm³/mol. The van der Waals surface area contributed by atoms with Gasteiger partial charge in [0.25, 0.3) is 0 Å². The molecular formula is C11H19NO. The molecule has 1 fully saturated rings. The molecule has 0 aromatic carbocycles. The number of rotatable bonds is 4. The summed E-state index contributed by atoms with van der Waals surface area (Å²) in [5.41, 5.74) is -0.206. The van der Waals surface area contributed by atoms with Crippen LogP contribution in [0.3, 0.4) is 0 Å². The molecule has 1 amide bonds. The van der Waals surface area contributed by atoms with E-state index in [0.717, 1.165) is 25.9 Å². The molecule has 1 rings (SSSR count). The fourth-order valence-electron chi connectivity index (χ4n) is 1.60. The van der Waals surface area contributed by atoms with E-state index < -0.39 is 0 Å². The smallest absolute Gasteiger partial charge is 0.228 e. The fraction of sp³-hybridized carbons (Fsp3) is 0.727. The van der Waals surface area contributed by atoms with Gasteiger partial charge in [0.05, 0.1) is 0 Å². The van der Waals surface area contributed by atoms with Crippen molar-refractivity contribution >= 4 is 5.91 Å². The van der Waals surface area contributed by atoms with Gasteiger partial charge in [-0.1, -0.05) is 19.9 Å². The molecule has 1 aliphatic heterocycles. The Kier molecular flexibility index (Phi) is 3.12. The summed E-state index contributed by atoms with van der Waals surface area (Å²) < 4.78 is 0. The van der Waals surface area contributed by atoms with Crippen LogP contribution in [0, 0.1) is 5.41 Å². The van der Waals surface area contributed by atoms with Crippen molar-refractivity contribution in [3.63, 3.8) is 0 Å². The molecule has 0 bridgehead atoms. The largest absolute Gasteiger partial charge is 0.342 e. The van der Waals surface area contributed by atoms with Gasteiger partial charge in [0, 0.05) is 18.5 Å². The van der Waals surface area contributed by atoms with Crippen molar-refractivity contribution in [2.75, 3.05) is 13.1 Å². The highest BCUT2D eigenvalue weighted by molar-refractivity contribution is 5.83. The van der Waals surface area contributed by atoms with Crippen molar-refractivity contribution in [3.05, 3.63) is 12.7 Å². The van der Waals surface area contributed by atoms with Gasteiger partial charge in [0.2, 0.25) is 5.91 Å². The van der Waals surface area contributed by atoms with E-state index in [1.165, 1.54) is 6.42 Å². The summed E-state index contributed by atoms with van der Waals surface area (Å²) >= 11 is 0. The minimum Gasteiger partial charge on any atom is -0.342 e. The van der Waals surface area contributed by atoms with Gasteiger partial charge in [-0.25, -0.2) is 0 Å². The van der Waals surface area contributed by atoms with Gasteiger partial charge in [-0.15, -0.1) is 6.58 Å². The number of carbonyl (C=O) groups is 1. The Balaban J connectivity index is 2.62. The summed E-state index contributed by atoms with van der Waals surface area (Å²) in [7, 11) is 0. The maximum Gasteiger partial charge on any atom is 0.228 e. The van der Waals surface area contributed by atoms with E-state index >= 15 is 0 Å². The van der Waals surface area contributed by atoms with E-state index in [-0.39, 0.29) is 5.41 Å². The monoisotopic (exact) mass is 181 g/mol. The third-order valence-corrected chi connectivity index (χ3v) is 3.03. The first-order valence-corrected chi connectivity index (χ1v) is 5.04. The Morgan fingerprint density at radius 2 is 2.23 bits per heavy atom. The average Bonchev–Trinajstić information content (AvgIpc) is 2.01. The quantitative estimate of drug-likeness (QED) is 0.609. The van der Waals surface area contributed by atoms with Gasteiger partial charge in [0.15, 0.2) is 0 Å². The highest BCUT2D eigenvalue weighted by atomic mass is 16.2. The van der Waals surface area contributed by atoms with E-state index in [9.17, 15) is 4.79 Å². The summed E-state index contributed by atoms with van der Waals surface area (Å²) in [6.07, 6.45) is 4.70. The number of allylic oxidation sites excluding steroid dienone is 1. The van der Waals surface area contributed by atoms with Gasteiger partial charge in [-0.2, -0.15) is 0 Å². The molecule has 13 heavy (non-hydrogen) atoms. The van der Waals surface area contributed by atoms with Gasteiger partial charge in [-0.05, 0) is 19.3 Å². The van der Waals surface area contributed by atoms with Gasteiger partial charge in [-0.3, -0.25) is 4.79 Å². The van der Waals surface area contributed by atoms with Crippen LogP contribution in [0.2, 0.25) is 0 Å². The maximum absolute atomic E-state index is 11.9. The van der Waals surface area contributed by atoms with Crippen molar-refractivity contribution in [1.82, 2.24) is 4.90 Å². The van der Waals surface area contributed by atoms with E-state index in [1.54, 1.807) is 0 Å². The minimum atomic E-state index is -0.206. The Bertz CT molecular complexity index is 208. The number of nitrogens with zero attached hydrogens (tertiary/aromatic N) is 1. The summed E-state index contributed by atoms with van der Waals surface area (Å²) in [4.78, 5) is 13.9. The molecule has 1 saturated heterocycles. The summed E-state index contributed by atoms with van der Waals surface area (Å²) in [6, 6.07) is 0. The molecule has 0 spiro atoms. The van der Waals surface area contributed by atoms with E-state index in [0.29, 0.717) is 5.91 Å². The third-order valence-electron chi connectivity index (χ3n) is 3.03. The van der Waals surface area contributed by atoms with E-state index in [2.05, 4.69) is 13.5 Å². The number of hydrogen-bond acceptors (Lipinski definition) is 1. The first-order chi connectivity index (χ1) is 6.14. The topological polar surface area (TPSA) is 20.3 Å². The molecule has 1 heterocycles. The average molecular weight is 181 g/mol. The lowest BCUT2D eigenvalue weighted by molar-refractivity contribution is -0.145. The second-order valence-electron chi connectivity index (χ2n) is 4.05. The lowest BCUT2D eigenvalue weighted by Gasteiger charge is -2.38. The molecule has 0 aromatic heterocycles. The molecule has 1 aliphatic rings. The molecule has 0 N–H and O–H groups in total. The number of likely N-dealkylation sites (tertiary alicyclic amines) is 1. The van der Waals surface area contributed by atoms with Crippen LogP contribution in [0.5, 0.6) is 0 Å². The predicted octanol–water partition coefficient (Wildman–Crippen LogP) is 2.21. The zero-order chi connectivity index (χ0) is 9.90. The summed E-state index contributed by atoms with van der Waals surface area (Å²) in [5.74, 6) is 0.307. The van der Waals surface area contributed by atoms with E-state index in [1.807, 2.05) is 17.9 Å². The van der Waals surface area contributed by atoms with Crippen molar-refractivity contribution < 1.29 is 4.79 Å². The minimum absolute atomic E-state index is 0.206. The SMILES string of the molecule is C=CCC(C)(CC)C(=O)N1CCC1. The van der Waals surface area contributed by atoms with E-state index in [4.69, 9.17) is 0 Å². The second-order valence-corrected chi connectivity index (χ2v) is 4.05. The molecule has 0 aromatic rings. The van der Waals surface area contributed by atoms with Crippen molar-refractivity contribution in [3.8, 4) is 0 Å². The zero-order valence-corrected chi connectivity index (χ0v) is 8.68. The lowest BCUT2D eigenvalue weighted by Crippen LogP contribution is -2.49. The fourth-order valence-corrected chi connectivity index (χ4v) is 1.60. The van der Waals surface area contributed by atoms with Gasteiger partial charge >= 0.3 is 0 Å². The lowest BCUT2D eigenvalue weighted by atomic mass is 9.82. The third kappa shape index (κ3) is 1.93. The molecule has 2 nitrogen and oxygen atoms in total. The van der Waals surface area contributed by atoms with Crippen LogP contribution in [-0.4, -0.2) is 23.9 Å². The molecular weight excluding hydrogens is 162 g/mol. The van der Waals surface area contributed by atoms with Crippen LogP contribution in [0.4, 0.5) is 0 Å². The molecule has 1 unspecified atom stereocenters. The Morgan fingerprint density at radius 1 is 1.62 bits per heavy atom. The first kappa shape index (κ1) is 10.3. The molecule has 2 heteroatoms. The molecule has 0 saturated carbocycles. The molecule has 1 atom stereocenters. The standard InChI is InChI=1S/C11H19NO/c1-4-7-11(3,5-2)10(13)12-8-6-9-12/h4H,1,5-9H2,2-3H3. The van der Waals surface area contributed by atoms with Crippen molar-refractivity contribution in [2.45, 2.75) is 33.1 Å². The van der Waals surface area contributed by atoms with Crippen molar-refractivity contribution in [2.24, 2.45) is 5.41 Å². The highest BCUT2D eigenvalue weighted by Gasteiger charge is 2.35. The molecule has 74 valence electrons. The molecule has 0 radical (unpaired) electrons. The van der Waals surface area contributed by atoms with Crippen LogP contribution in [-0.2, 0) is 4.79 Å². The van der Waals surface area contributed by atoms with Crippen LogP contribution in [0.1, 0.15) is 33.1 Å². The van der Waals surface area contributed by atoms with Crippen molar-refractivity contribution in [1.29, 1.82) is 0 Å². The van der Waals surface area contributed by atoms with Gasteiger partial charge < -0.3 is 4.90 Å². The van der Waals surface area contributed by atoms with Crippen LogP contribution in [0.25, 0.3) is 0 Å². The molecule has 0 aliphatic carbocycles. The van der Waals surface area contributed by atoms with Crippen LogP contribution >= 0.6 is 0 Å². The van der Waals surface area contributed by atoms with Gasteiger partial charge in [0.1, 0.15) is 0 Å². The van der Waals surface area contributed by atoms with Crippen LogP contribution < -0.4 is 0 Å². The summed E-state index contributed by atoms with van der Waals surface area (Å²) in [6.45, 7) is 9.72. The summed E-state index contributed by atoms with van der Waals surface area (Å²) in [5, 5.41) is 0. The Morgan fingerprint density at radius 3 is 2.54 bits per heavy atom. The Labute approximate surface area is 80.6 Å². The first-order valence-electron chi connectivity index (χ1n) is 5.04. The normalized spacial score (nSPS) is 20.3. The maximum atomic E-state index is 11.9. The number of hydrogen-bond donors (Lipinski definition) is 0. The number of carbonyl (C=O) groups excluding carboxylic acids is 1. The van der Waals surface area contributed by atoms with Crippen LogP contribution in [0.15, 0.2) is 12.7 Å². The Hall–Kier alpha value is -0.790. The second kappa shape index (κ2) is 3.95.